The molecule has 1 aromatic carbocycles. The Morgan fingerprint density at radius 1 is 1.15 bits per heavy atom. The molecule has 3 N–H and O–H groups in total. The van der Waals surface area contributed by atoms with Gasteiger partial charge in [0.05, 0.1) is 5.39 Å². The van der Waals surface area contributed by atoms with E-state index in [4.69, 9.17) is 12.2 Å². The number of nitrogens with one attached hydrogen (secondary N) is 3. The molecule has 1 aliphatic rings. The van der Waals surface area contributed by atoms with Crippen LogP contribution < -0.4 is 15.5 Å². The molecule has 26 heavy (non-hydrogen) atoms. The Labute approximate surface area is 158 Å². The van der Waals surface area contributed by atoms with Crippen LogP contribution in [0.2, 0.25) is 0 Å². The highest BCUT2D eigenvalue weighted by Crippen LogP contribution is 2.24. The summed E-state index contributed by atoms with van der Waals surface area (Å²) < 4.78 is 0. The van der Waals surface area contributed by atoms with Crippen molar-refractivity contribution in [3.05, 3.63) is 54.5 Å². The van der Waals surface area contributed by atoms with Gasteiger partial charge < -0.3 is 20.5 Å². The zero-order valence-corrected chi connectivity index (χ0v) is 15.3. The number of aromatic amines is 1. The van der Waals surface area contributed by atoms with Gasteiger partial charge in [0.15, 0.2) is 5.11 Å². The minimum Gasteiger partial charge on any atom is -0.360 e. The minimum absolute atomic E-state index is 0.394. The van der Waals surface area contributed by atoms with Crippen molar-refractivity contribution in [3.8, 4) is 0 Å². The molecule has 3 aromatic rings. The molecule has 3 heterocycles. The first-order valence-corrected chi connectivity index (χ1v) is 9.32. The highest BCUT2D eigenvalue weighted by molar-refractivity contribution is 7.80. The molecule has 134 valence electrons. The Bertz CT molecular complexity index is 870. The van der Waals surface area contributed by atoms with Crippen molar-refractivity contribution in [2.24, 2.45) is 0 Å². The summed E-state index contributed by atoms with van der Waals surface area (Å²) in [5.74, 6) is 1.01. The quantitative estimate of drug-likeness (QED) is 0.617. The molecule has 1 fully saturated rings. The second-order valence-corrected chi connectivity index (χ2v) is 6.92. The fraction of sp³-hybridized carbons (Fsp3) is 0.316. The lowest BCUT2D eigenvalue weighted by atomic mass is 10.1. The van der Waals surface area contributed by atoms with Gasteiger partial charge in [-0.2, -0.15) is 0 Å². The third-order valence-electron chi connectivity index (χ3n) is 4.76. The molecule has 0 unspecified atom stereocenters. The molecule has 0 spiro atoms. The van der Waals surface area contributed by atoms with E-state index in [-0.39, 0.29) is 0 Å². The van der Waals surface area contributed by atoms with Gasteiger partial charge in [-0.3, -0.25) is 0 Å². The average Bonchev–Trinajstić information content (AvgIpc) is 3.17. The Hall–Kier alpha value is -2.67. The summed E-state index contributed by atoms with van der Waals surface area (Å²) in [5.41, 5.74) is 2.12. The van der Waals surface area contributed by atoms with Gasteiger partial charge in [0.2, 0.25) is 0 Å². The van der Waals surface area contributed by atoms with Crippen molar-refractivity contribution >= 4 is 34.2 Å². The van der Waals surface area contributed by atoms with Crippen LogP contribution in [0.5, 0.6) is 0 Å². The van der Waals surface area contributed by atoms with E-state index in [9.17, 15) is 0 Å². The number of piperidine rings is 1. The van der Waals surface area contributed by atoms with Crippen molar-refractivity contribution in [2.45, 2.75) is 25.4 Å². The average molecular weight is 366 g/mol. The molecule has 1 saturated heterocycles. The Morgan fingerprint density at radius 3 is 2.77 bits per heavy atom. The first-order valence-electron chi connectivity index (χ1n) is 8.91. The van der Waals surface area contributed by atoms with E-state index in [0.29, 0.717) is 6.04 Å². The number of hydrogen-bond donors (Lipinski definition) is 3. The van der Waals surface area contributed by atoms with Crippen LogP contribution in [0.1, 0.15) is 18.4 Å². The molecule has 7 heteroatoms. The van der Waals surface area contributed by atoms with Crippen LogP contribution in [-0.4, -0.2) is 39.2 Å². The molecular weight excluding hydrogens is 344 g/mol. The van der Waals surface area contributed by atoms with E-state index < -0.39 is 0 Å². The van der Waals surface area contributed by atoms with Crippen molar-refractivity contribution in [3.63, 3.8) is 0 Å². The van der Waals surface area contributed by atoms with Gasteiger partial charge in [-0.1, -0.05) is 30.3 Å². The summed E-state index contributed by atoms with van der Waals surface area (Å²) in [6.07, 6.45) is 5.60. The van der Waals surface area contributed by atoms with E-state index in [0.717, 1.165) is 54.4 Å². The second kappa shape index (κ2) is 7.70. The molecular formula is C19H22N6S. The topological polar surface area (TPSA) is 68.9 Å². The third-order valence-corrected chi connectivity index (χ3v) is 5.02. The summed E-state index contributed by atoms with van der Waals surface area (Å²) in [5, 5.41) is 8.55. The number of H-pyrrole nitrogens is 1. The predicted molar refractivity (Wildman–Crippen MR) is 108 cm³/mol. The molecule has 0 amide bonds. The molecule has 4 rings (SSSR count). The van der Waals surface area contributed by atoms with Crippen molar-refractivity contribution in [1.29, 1.82) is 0 Å². The summed E-state index contributed by atoms with van der Waals surface area (Å²) in [6, 6.07) is 12.7. The number of hydrogen-bond acceptors (Lipinski definition) is 4. The molecule has 6 nitrogen and oxygen atoms in total. The zero-order valence-electron chi connectivity index (χ0n) is 14.5. The van der Waals surface area contributed by atoms with Gasteiger partial charge in [0.25, 0.3) is 0 Å². The van der Waals surface area contributed by atoms with E-state index >= 15 is 0 Å². The number of aromatic nitrogens is 3. The molecule has 0 bridgehead atoms. The molecule has 0 aliphatic carbocycles. The van der Waals surface area contributed by atoms with Crippen molar-refractivity contribution in [2.75, 3.05) is 18.0 Å². The van der Waals surface area contributed by atoms with Crippen LogP contribution in [0.4, 0.5) is 5.82 Å². The van der Waals surface area contributed by atoms with Crippen molar-refractivity contribution in [1.82, 2.24) is 25.6 Å². The van der Waals surface area contributed by atoms with Gasteiger partial charge in [0, 0.05) is 31.9 Å². The second-order valence-electron chi connectivity index (χ2n) is 6.51. The number of thiocarbonyl (C=S) groups is 1. The van der Waals surface area contributed by atoms with Crippen LogP contribution in [-0.2, 0) is 6.54 Å². The summed E-state index contributed by atoms with van der Waals surface area (Å²) in [6.45, 7) is 2.66. The maximum absolute atomic E-state index is 5.45. The maximum Gasteiger partial charge on any atom is 0.166 e. The predicted octanol–water partition coefficient (Wildman–Crippen LogP) is 2.59. The van der Waals surface area contributed by atoms with Crippen LogP contribution in [0.15, 0.2) is 48.9 Å². The Morgan fingerprint density at radius 2 is 1.96 bits per heavy atom. The molecule has 1 aliphatic heterocycles. The van der Waals surface area contributed by atoms with E-state index in [2.05, 4.69) is 42.6 Å². The fourth-order valence-corrected chi connectivity index (χ4v) is 3.60. The third kappa shape index (κ3) is 3.77. The molecule has 0 atom stereocenters. The van der Waals surface area contributed by atoms with Gasteiger partial charge in [-0.15, -0.1) is 0 Å². The largest absolute Gasteiger partial charge is 0.360 e. The van der Waals surface area contributed by atoms with Gasteiger partial charge >= 0.3 is 0 Å². The van der Waals surface area contributed by atoms with Crippen LogP contribution in [0, 0.1) is 0 Å². The normalized spacial score (nSPS) is 15.2. The monoisotopic (exact) mass is 366 g/mol. The smallest absolute Gasteiger partial charge is 0.166 e. The first kappa shape index (κ1) is 16.8. The van der Waals surface area contributed by atoms with Crippen LogP contribution in [0.25, 0.3) is 11.0 Å². The molecule has 0 saturated carbocycles. The number of anilines is 1. The van der Waals surface area contributed by atoms with Crippen molar-refractivity contribution < 1.29 is 0 Å². The summed E-state index contributed by atoms with van der Waals surface area (Å²) in [7, 11) is 0. The first-order chi connectivity index (χ1) is 12.8. The van der Waals surface area contributed by atoms with Gasteiger partial charge in [-0.25, -0.2) is 9.97 Å². The standard InChI is InChI=1S/C19H22N6S/c26-19(21-12-14-4-2-1-3-5-14)24-15-7-10-25(11-8-15)18-16-6-9-20-17(16)22-13-23-18/h1-6,9,13,15H,7-8,10-12H2,(H,20,22,23)(H2,21,24,26). The fourth-order valence-electron chi connectivity index (χ4n) is 3.36. The lowest BCUT2D eigenvalue weighted by molar-refractivity contribution is 0.463. The summed E-state index contributed by atoms with van der Waals surface area (Å²) >= 11 is 5.45. The maximum atomic E-state index is 5.45. The Balaban J connectivity index is 1.28. The lowest BCUT2D eigenvalue weighted by Gasteiger charge is -2.33. The number of nitrogens with zero attached hydrogens (tertiary/aromatic N) is 3. The molecule has 0 radical (unpaired) electrons. The van der Waals surface area contributed by atoms with Crippen LogP contribution >= 0.6 is 12.2 Å². The van der Waals surface area contributed by atoms with Gasteiger partial charge in [-0.05, 0) is 36.7 Å². The van der Waals surface area contributed by atoms with E-state index in [1.807, 2.05) is 30.5 Å². The highest BCUT2D eigenvalue weighted by Gasteiger charge is 2.22. The minimum atomic E-state index is 0.394. The van der Waals surface area contributed by atoms with Gasteiger partial charge in [0.1, 0.15) is 17.8 Å². The zero-order chi connectivity index (χ0) is 17.8. The van der Waals surface area contributed by atoms with E-state index in [1.165, 1.54) is 5.56 Å². The lowest BCUT2D eigenvalue weighted by Crippen LogP contribution is -2.47. The Kier molecular flexibility index (Phi) is 4.97. The van der Waals surface area contributed by atoms with Crippen LogP contribution in [0.3, 0.4) is 0 Å². The summed E-state index contributed by atoms with van der Waals surface area (Å²) in [4.78, 5) is 14.2. The number of benzene rings is 1. The van der Waals surface area contributed by atoms with E-state index in [1.54, 1.807) is 6.33 Å². The number of rotatable bonds is 4. The SMILES string of the molecule is S=C(NCc1ccccc1)NC1CCN(c2ncnc3[nH]ccc23)CC1. The molecule has 2 aromatic heterocycles. The number of fused-ring (bicyclic) bond motifs is 1. The highest BCUT2D eigenvalue weighted by atomic mass is 32.1.